The smallest absolute Gasteiger partial charge is 0.123 e. The van der Waals surface area contributed by atoms with Gasteiger partial charge in [-0.25, -0.2) is 4.39 Å². The van der Waals surface area contributed by atoms with E-state index in [0.717, 1.165) is 31.0 Å². The van der Waals surface area contributed by atoms with Gasteiger partial charge in [0.2, 0.25) is 0 Å². The average Bonchev–Trinajstić information content (AvgIpc) is 2.25. The molecule has 0 heterocycles. The van der Waals surface area contributed by atoms with Gasteiger partial charge in [-0.15, -0.1) is 0 Å². The first-order valence-corrected chi connectivity index (χ1v) is 6.17. The monoisotopic (exact) mass is 223 g/mol. The van der Waals surface area contributed by atoms with Crippen molar-refractivity contribution >= 4 is 0 Å². The summed E-state index contributed by atoms with van der Waals surface area (Å²) in [7, 11) is 0. The molecule has 0 spiro atoms. The minimum absolute atomic E-state index is 0.142. The fourth-order valence-corrected chi connectivity index (χ4v) is 1.87. The van der Waals surface area contributed by atoms with E-state index in [-0.39, 0.29) is 5.82 Å². The molecule has 1 N–H and O–H groups in total. The van der Waals surface area contributed by atoms with Crippen LogP contribution in [0.4, 0.5) is 4.39 Å². The fraction of sp³-hybridized carbons (Fsp3) is 0.571. The molecule has 2 heteroatoms. The Morgan fingerprint density at radius 2 is 2.19 bits per heavy atom. The van der Waals surface area contributed by atoms with E-state index in [9.17, 15) is 4.39 Å². The molecular weight excluding hydrogens is 201 g/mol. The summed E-state index contributed by atoms with van der Waals surface area (Å²) in [6, 6.07) is 6.84. The summed E-state index contributed by atoms with van der Waals surface area (Å²) in [6.07, 6.45) is 3.41. The molecule has 0 saturated heterocycles. The van der Waals surface area contributed by atoms with Crippen LogP contribution in [0.2, 0.25) is 0 Å². The van der Waals surface area contributed by atoms with Gasteiger partial charge in [0.1, 0.15) is 5.82 Å². The summed E-state index contributed by atoms with van der Waals surface area (Å²) in [6.45, 7) is 6.46. The molecule has 0 fully saturated rings. The Bertz CT molecular complexity index is 299. The van der Waals surface area contributed by atoms with E-state index >= 15 is 0 Å². The summed E-state index contributed by atoms with van der Waals surface area (Å²) in [5.74, 6) is 0.592. The van der Waals surface area contributed by atoms with Gasteiger partial charge < -0.3 is 5.32 Å². The second-order valence-electron chi connectivity index (χ2n) is 4.48. The third kappa shape index (κ3) is 5.26. The van der Waals surface area contributed by atoms with Crippen molar-refractivity contribution in [2.24, 2.45) is 5.92 Å². The van der Waals surface area contributed by atoms with Crippen molar-refractivity contribution in [2.75, 3.05) is 13.1 Å². The summed E-state index contributed by atoms with van der Waals surface area (Å²) < 4.78 is 12.9. The lowest BCUT2D eigenvalue weighted by atomic mass is 10.1. The van der Waals surface area contributed by atoms with Crippen LogP contribution in [-0.4, -0.2) is 13.1 Å². The van der Waals surface area contributed by atoms with Crippen LogP contribution in [-0.2, 0) is 6.42 Å². The van der Waals surface area contributed by atoms with Gasteiger partial charge in [-0.1, -0.05) is 32.4 Å². The maximum Gasteiger partial charge on any atom is 0.123 e. The van der Waals surface area contributed by atoms with Crippen molar-refractivity contribution in [3.05, 3.63) is 35.6 Å². The maximum atomic E-state index is 12.9. The van der Waals surface area contributed by atoms with Gasteiger partial charge in [0.15, 0.2) is 0 Å². The SMILES string of the molecule is CCCC(C)CNCCc1cccc(F)c1. The van der Waals surface area contributed by atoms with Crippen molar-refractivity contribution < 1.29 is 4.39 Å². The van der Waals surface area contributed by atoms with E-state index < -0.39 is 0 Å². The van der Waals surface area contributed by atoms with E-state index in [1.807, 2.05) is 6.07 Å². The zero-order valence-electron chi connectivity index (χ0n) is 10.3. The van der Waals surface area contributed by atoms with Gasteiger partial charge in [-0.2, -0.15) is 0 Å². The van der Waals surface area contributed by atoms with Gasteiger partial charge in [0, 0.05) is 0 Å². The molecule has 1 rings (SSSR count). The first-order valence-electron chi connectivity index (χ1n) is 6.17. The molecule has 0 bridgehead atoms. The topological polar surface area (TPSA) is 12.0 Å². The molecule has 90 valence electrons. The van der Waals surface area contributed by atoms with Gasteiger partial charge >= 0.3 is 0 Å². The van der Waals surface area contributed by atoms with Crippen LogP contribution in [0, 0.1) is 11.7 Å². The standard InChI is InChI=1S/C14H22FN/c1-3-5-12(2)11-16-9-8-13-6-4-7-14(15)10-13/h4,6-7,10,12,16H,3,5,8-9,11H2,1-2H3. The molecular formula is C14H22FN. The van der Waals surface area contributed by atoms with Crippen LogP contribution in [0.15, 0.2) is 24.3 Å². The normalized spacial score (nSPS) is 12.7. The summed E-state index contributed by atoms with van der Waals surface area (Å²) in [5, 5.41) is 3.42. The number of rotatable bonds is 7. The highest BCUT2D eigenvalue weighted by molar-refractivity contribution is 5.16. The lowest BCUT2D eigenvalue weighted by molar-refractivity contribution is 0.478. The van der Waals surface area contributed by atoms with Crippen molar-refractivity contribution in [1.82, 2.24) is 5.32 Å². The van der Waals surface area contributed by atoms with Crippen molar-refractivity contribution in [2.45, 2.75) is 33.1 Å². The highest BCUT2D eigenvalue weighted by atomic mass is 19.1. The second-order valence-corrected chi connectivity index (χ2v) is 4.48. The van der Waals surface area contributed by atoms with E-state index in [2.05, 4.69) is 19.2 Å². The number of benzene rings is 1. The summed E-state index contributed by atoms with van der Waals surface area (Å²) in [4.78, 5) is 0. The van der Waals surface area contributed by atoms with Crippen LogP contribution in [0.3, 0.4) is 0 Å². The highest BCUT2D eigenvalue weighted by Crippen LogP contribution is 2.05. The zero-order chi connectivity index (χ0) is 11.8. The molecule has 0 aliphatic carbocycles. The molecule has 0 aliphatic heterocycles. The molecule has 1 aromatic carbocycles. The van der Waals surface area contributed by atoms with E-state index in [1.165, 1.54) is 18.9 Å². The predicted molar refractivity (Wildman–Crippen MR) is 67.0 cm³/mol. The number of nitrogens with one attached hydrogen (secondary N) is 1. The van der Waals surface area contributed by atoms with Crippen LogP contribution in [0.5, 0.6) is 0 Å². The molecule has 16 heavy (non-hydrogen) atoms. The Balaban J connectivity index is 2.16. The molecule has 0 aliphatic rings. The molecule has 0 saturated carbocycles. The van der Waals surface area contributed by atoms with Crippen molar-refractivity contribution in [3.8, 4) is 0 Å². The minimum atomic E-state index is -0.142. The molecule has 1 atom stereocenters. The van der Waals surface area contributed by atoms with Crippen LogP contribution >= 0.6 is 0 Å². The Morgan fingerprint density at radius 3 is 2.88 bits per heavy atom. The first-order chi connectivity index (χ1) is 7.72. The third-order valence-electron chi connectivity index (χ3n) is 2.75. The molecule has 1 aromatic rings. The van der Waals surface area contributed by atoms with Crippen LogP contribution in [0.25, 0.3) is 0 Å². The second kappa shape index (κ2) is 7.39. The molecule has 1 unspecified atom stereocenters. The van der Waals surface area contributed by atoms with Crippen LogP contribution < -0.4 is 5.32 Å². The van der Waals surface area contributed by atoms with E-state index in [4.69, 9.17) is 0 Å². The summed E-state index contributed by atoms with van der Waals surface area (Å²) >= 11 is 0. The largest absolute Gasteiger partial charge is 0.316 e. The maximum absolute atomic E-state index is 12.9. The lowest BCUT2D eigenvalue weighted by Gasteiger charge is -2.11. The quantitative estimate of drug-likeness (QED) is 0.699. The third-order valence-corrected chi connectivity index (χ3v) is 2.75. The number of hydrogen-bond donors (Lipinski definition) is 1. The average molecular weight is 223 g/mol. The summed E-state index contributed by atoms with van der Waals surface area (Å²) in [5.41, 5.74) is 1.07. The van der Waals surface area contributed by atoms with Crippen molar-refractivity contribution in [1.29, 1.82) is 0 Å². The fourth-order valence-electron chi connectivity index (χ4n) is 1.87. The van der Waals surface area contributed by atoms with Gasteiger partial charge in [0.05, 0.1) is 0 Å². The number of hydrogen-bond acceptors (Lipinski definition) is 1. The molecule has 0 aromatic heterocycles. The van der Waals surface area contributed by atoms with Gasteiger partial charge in [0.25, 0.3) is 0 Å². The lowest BCUT2D eigenvalue weighted by Crippen LogP contribution is -2.23. The molecule has 0 amide bonds. The Hall–Kier alpha value is -0.890. The Kier molecular flexibility index (Phi) is 6.09. The highest BCUT2D eigenvalue weighted by Gasteiger charge is 2.00. The predicted octanol–water partition coefficient (Wildman–Crippen LogP) is 3.39. The van der Waals surface area contributed by atoms with Crippen molar-refractivity contribution in [3.63, 3.8) is 0 Å². The zero-order valence-corrected chi connectivity index (χ0v) is 10.3. The minimum Gasteiger partial charge on any atom is -0.316 e. The Labute approximate surface area is 98.1 Å². The molecule has 0 radical (unpaired) electrons. The van der Waals surface area contributed by atoms with Crippen LogP contribution in [0.1, 0.15) is 32.3 Å². The first kappa shape index (κ1) is 13.2. The molecule has 1 nitrogen and oxygen atoms in total. The van der Waals surface area contributed by atoms with Gasteiger partial charge in [-0.05, 0) is 49.5 Å². The Morgan fingerprint density at radius 1 is 1.38 bits per heavy atom. The van der Waals surface area contributed by atoms with E-state index in [1.54, 1.807) is 12.1 Å². The van der Waals surface area contributed by atoms with E-state index in [0.29, 0.717) is 0 Å². The van der Waals surface area contributed by atoms with Gasteiger partial charge in [-0.3, -0.25) is 0 Å². The number of halogens is 1.